The fourth-order valence-corrected chi connectivity index (χ4v) is 12.8. The summed E-state index contributed by atoms with van der Waals surface area (Å²) in [4.78, 5) is 72.8. The third-order valence-electron chi connectivity index (χ3n) is 16.6. The number of aliphatic imine (C=N–C) groups is 1. The first kappa shape index (κ1) is 49.8. The minimum atomic E-state index is -1.39. The quantitative estimate of drug-likeness (QED) is 0.0605. The fourth-order valence-electron chi connectivity index (χ4n) is 12.8. The van der Waals surface area contributed by atoms with E-state index in [2.05, 4.69) is 40.1 Å². The van der Waals surface area contributed by atoms with Crippen molar-refractivity contribution in [2.45, 2.75) is 147 Å². The number of carbonyl (C=O) groups excluding carboxylic acids is 4. The number of amides is 4. The summed E-state index contributed by atoms with van der Waals surface area (Å²) >= 11 is 0. The first-order valence-electron chi connectivity index (χ1n) is 24.5. The SMILES string of the molecule is CO[C@H]1CC[C@@]2(C)[C@@H](CC[C@H]3[C@@H]2CC[C@@]2(C)[C@H]3C[C@H](C(=O)N[C@@H](CCCN=C(N)N)C(=O)N[C@@H](c3ccccc3)[C@H](C)C(=O)N[C@@H](CC(=O)O)C(=O)NCc3ccccc3)O[C@]23CCCO3)C1. The van der Waals surface area contributed by atoms with Crippen molar-refractivity contribution in [1.82, 2.24) is 21.3 Å². The number of benzene rings is 2. The Morgan fingerprint density at radius 3 is 2.25 bits per heavy atom. The maximum Gasteiger partial charge on any atom is 0.305 e. The topological polar surface area (TPSA) is 246 Å². The molecule has 0 radical (unpaired) electrons. The van der Waals surface area contributed by atoms with Crippen LogP contribution < -0.4 is 32.7 Å². The van der Waals surface area contributed by atoms with Crippen LogP contribution in [0.15, 0.2) is 65.7 Å². The lowest BCUT2D eigenvalue weighted by Crippen LogP contribution is -2.66. The Kier molecular flexibility index (Phi) is 16.0. The maximum atomic E-state index is 14.8. The van der Waals surface area contributed by atoms with Gasteiger partial charge in [0.05, 0.1) is 31.1 Å². The molecule has 3 aliphatic carbocycles. The second-order valence-electron chi connectivity index (χ2n) is 20.4. The summed E-state index contributed by atoms with van der Waals surface area (Å²) in [6.07, 6.45) is 8.92. The highest BCUT2D eigenvalue weighted by atomic mass is 16.7. The number of methoxy groups -OCH3 is 1. The molecule has 0 aromatic heterocycles. The minimum absolute atomic E-state index is 0.0927. The van der Waals surface area contributed by atoms with Crippen molar-refractivity contribution >= 4 is 35.6 Å². The lowest BCUT2D eigenvalue weighted by Gasteiger charge is -2.66. The van der Waals surface area contributed by atoms with Gasteiger partial charge < -0.3 is 52.1 Å². The molecule has 67 heavy (non-hydrogen) atoms. The first-order valence-corrected chi connectivity index (χ1v) is 24.5. The molecule has 1 spiro atoms. The molecule has 4 amide bonds. The minimum Gasteiger partial charge on any atom is -0.481 e. The standard InChI is InChI=1S/C51H73N7O9/c1-31(44(61)57-40(29-42(59)60)45(62)55-30-32-13-7-5-8-14-32)43(33-15-9-6-10-16-33)58-46(63)39(17-11-25-54-48(52)53)56-47(64)41-28-38-36-19-18-34-27-35(65-4)20-23-49(34,2)37(36)21-24-50(38,3)51(67-41)22-12-26-66-51/h5-10,13-16,31,34-41,43H,11-12,17-30H2,1-4H3,(H,55,62)(H,56,64)(H,57,61)(H,58,63)(H,59,60)(H4,52,53,54)/t31-,34-,35-,36-,37-,38-,39-,40-,41+,43+,49-,50-,51+/m0/s1. The van der Waals surface area contributed by atoms with Gasteiger partial charge in [0, 0.05) is 32.0 Å². The Morgan fingerprint density at radius 1 is 0.851 bits per heavy atom. The largest absolute Gasteiger partial charge is 0.481 e. The molecule has 16 heteroatoms. The molecule has 2 aliphatic heterocycles. The zero-order chi connectivity index (χ0) is 47.9. The van der Waals surface area contributed by atoms with Crippen molar-refractivity contribution in [3.8, 4) is 0 Å². The van der Waals surface area contributed by atoms with Crippen LogP contribution in [-0.4, -0.2) is 91.0 Å². The van der Waals surface area contributed by atoms with Gasteiger partial charge in [-0.15, -0.1) is 0 Å². The molecule has 5 aliphatic rings. The van der Waals surface area contributed by atoms with Gasteiger partial charge in [-0.1, -0.05) is 81.4 Å². The number of nitrogens with one attached hydrogen (secondary N) is 4. The molecule has 7 rings (SSSR count). The van der Waals surface area contributed by atoms with Gasteiger partial charge in [0.15, 0.2) is 11.7 Å². The molecule has 0 bridgehead atoms. The average Bonchev–Trinajstić information content (AvgIpc) is 3.80. The fraction of sp³-hybridized carbons (Fsp3) is 0.647. The second kappa shape index (κ2) is 21.5. The number of hydrogen-bond donors (Lipinski definition) is 7. The highest BCUT2D eigenvalue weighted by Crippen LogP contribution is 2.68. The van der Waals surface area contributed by atoms with Gasteiger partial charge in [-0.25, -0.2) is 0 Å². The number of hydrogen-bond acceptors (Lipinski definition) is 9. The number of fused-ring (bicyclic) bond motifs is 6. The van der Waals surface area contributed by atoms with Gasteiger partial charge in [0.2, 0.25) is 23.6 Å². The van der Waals surface area contributed by atoms with Crippen molar-refractivity contribution in [3.05, 3.63) is 71.8 Å². The van der Waals surface area contributed by atoms with Crippen molar-refractivity contribution in [2.24, 2.45) is 56.9 Å². The van der Waals surface area contributed by atoms with E-state index in [1.165, 1.54) is 0 Å². The number of aliphatic carboxylic acids is 1. The summed E-state index contributed by atoms with van der Waals surface area (Å²) in [6.45, 7) is 7.34. The van der Waals surface area contributed by atoms with Crippen molar-refractivity contribution in [3.63, 3.8) is 0 Å². The zero-order valence-electron chi connectivity index (χ0n) is 39.7. The van der Waals surface area contributed by atoms with E-state index < -0.39 is 72.0 Å². The first-order chi connectivity index (χ1) is 32.1. The highest BCUT2D eigenvalue weighted by molar-refractivity contribution is 5.92. The lowest BCUT2D eigenvalue weighted by molar-refractivity contribution is -0.348. The van der Waals surface area contributed by atoms with Crippen LogP contribution in [0.2, 0.25) is 0 Å². The summed E-state index contributed by atoms with van der Waals surface area (Å²) in [5.41, 5.74) is 12.6. The van der Waals surface area contributed by atoms with E-state index >= 15 is 0 Å². The van der Waals surface area contributed by atoms with Crippen LogP contribution in [0.1, 0.15) is 121 Å². The van der Waals surface area contributed by atoms with Crippen LogP contribution in [0, 0.1) is 40.4 Å². The molecular formula is C51H73N7O9. The third-order valence-corrected chi connectivity index (χ3v) is 16.6. The van der Waals surface area contributed by atoms with Crippen molar-refractivity contribution in [1.29, 1.82) is 0 Å². The van der Waals surface area contributed by atoms with Gasteiger partial charge in [0.1, 0.15) is 18.2 Å². The third kappa shape index (κ3) is 11.0. The van der Waals surface area contributed by atoms with Gasteiger partial charge >= 0.3 is 5.97 Å². The molecule has 5 fully saturated rings. The van der Waals surface area contributed by atoms with Crippen LogP contribution in [0.3, 0.4) is 0 Å². The Morgan fingerprint density at radius 2 is 1.58 bits per heavy atom. The average molecular weight is 928 g/mol. The predicted molar refractivity (Wildman–Crippen MR) is 252 cm³/mol. The molecule has 9 N–H and O–H groups in total. The van der Waals surface area contributed by atoms with E-state index in [-0.39, 0.29) is 42.2 Å². The Hall–Kier alpha value is -5.06. The molecule has 2 saturated heterocycles. The molecule has 2 aromatic rings. The van der Waals surface area contributed by atoms with Crippen LogP contribution in [0.4, 0.5) is 0 Å². The Balaban J connectivity index is 1.10. The number of guanidine groups is 1. The number of carboxylic acids is 1. The van der Waals surface area contributed by atoms with Crippen LogP contribution in [0.25, 0.3) is 0 Å². The normalized spacial score (nSPS) is 31.6. The summed E-state index contributed by atoms with van der Waals surface area (Å²) in [7, 11) is 1.83. The van der Waals surface area contributed by atoms with E-state index in [4.69, 9.17) is 25.7 Å². The molecule has 0 unspecified atom stereocenters. The van der Waals surface area contributed by atoms with E-state index in [1.54, 1.807) is 31.2 Å². The molecule has 2 heterocycles. The summed E-state index contributed by atoms with van der Waals surface area (Å²) in [5.74, 6) is -3.83. The number of ether oxygens (including phenoxy) is 3. The second-order valence-corrected chi connectivity index (χ2v) is 20.4. The lowest BCUT2D eigenvalue weighted by atomic mass is 9.42. The Labute approximate surface area is 394 Å². The Bertz CT molecular complexity index is 2080. The predicted octanol–water partition coefficient (Wildman–Crippen LogP) is 4.85. The van der Waals surface area contributed by atoms with E-state index in [1.807, 2.05) is 43.5 Å². The maximum absolute atomic E-state index is 14.8. The van der Waals surface area contributed by atoms with Crippen LogP contribution in [-0.2, 0) is 44.7 Å². The van der Waals surface area contributed by atoms with E-state index in [0.29, 0.717) is 55.3 Å². The molecule has 16 nitrogen and oxygen atoms in total. The number of carboxylic acid groups (broad SMARTS) is 1. The zero-order valence-corrected chi connectivity index (χ0v) is 39.7. The van der Waals surface area contributed by atoms with Gasteiger partial charge in [-0.05, 0) is 111 Å². The number of nitrogens with zero attached hydrogens (tertiary/aromatic N) is 1. The number of nitrogens with two attached hydrogens (primary N) is 2. The van der Waals surface area contributed by atoms with Crippen molar-refractivity contribution < 1.29 is 43.3 Å². The van der Waals surface area contributed by atoms with Crippen LogP contribution in [0.5, 0.6) is 0 Å². The number of carbonyl (C=O) groups is 5. The highest BCUT2D eigenvalue weighted by Gasteiger charge is 2.67. The molecule has 3 saturated carbocycles. The molecule has 13 atom stereocenters. The van der Waals surface area contributed by atoms with Crippen molar-refractivity contribution in [2.75, 3.05) is 20.3 Å². The van der Waals surface area contributed by atoms with E-state index in [0.717, 1.165) is 56.9 Å². The number of rotatable bonds is 18. The molecule has 366 valence electrons. The van der Waals surface area contributed by atoms with Crippen LogP contribution >= 0.6 is 0 Å². The summed E-state index contributed by atoms with van der Waals surface area (Å²) < 4.78 is 19.4. The smallest absolute Gasteiger partial charge is 0.305 e. The van der Waals surface area contributed by atoms with E-state index in [9.17, 15) is 29.1 Å². The summed E-state index contributed by atoms with van der Waals surface area (Å²) in [5, 5.41) is 21.2. The monoisotopic (exact) mass is 928 g/mol. The van der Waals surface area contributed by atoms with Gasteiger partial charge in [-0.2, -0.15) is 0 Å². The van der Waals surface area contributed by atoms with Gasteiger partial charge in [0.25, 0.3) is 0 Å². The molecular weight excluding hydrogens is 855 g/mol. The molecule has 2 aromatic carbocycles. The van der Waals surface area contributed by atoms with Gasteiger partial charge in [-0.3, -0.25) is 29.0 Å². The summed E-state index contributed by atoms with van der Waals surface area (Å²) in [6, 6.07) is 14.6.